The highest BCUT2D eigenvalue weighted by atomic mass is 32.1. The van der Waals surface area contributed by atoms with Crippen molar-refractivity contribution in [2.75, 3.05) is 0 Å². The van der Waals surface area contributed by atoms with Gasteiger partial charge in [0, 0.05) is 5.56 Å². The van der Waals surface area contributed by atoms with Crippen molar-refractivity contribution >= 4 is 21.7 Å². The van der Waals surface area contributed by atoms with Crippen molar-refractivity contribution in [2.45, 2.75) is 12.8 Å². The SMILES string of the molecule is O=c1[nH]nnc2c(-c3ccc(OCc4ccccc4)c(C(F)(F)F)c3)nsc12. The molecule has 2 heterocycles. The molecule has 6 nitrogen and oxygen atoms in total. The molecule has 4 rings (SSSR count). The third kappa shape index (κ3) is 3.46. The van der Waals surface area contributed by atoms with E-state index in [-0.39, 0.29) is 33.8 Å². The Morgan fingerprint density at radius 1 is 1.11 bits per heavy atom. The summed E-state index contributed by atoms with van der Waals surface area (Å²) >= 11 is 0.852. The number of rotatable bonds is 4. The van der Waals surface area contributed by atoms with E-state index in [1.807, 2.05) is 6.07 Å². The molecule has 0 aliphatic heterocycles. The van der Waals surface area contributed by atoms with Crippen LogP contribution in [0.1, 0.15) is 11.1 Å². The third-order valence-electron chi connectivity index (χ3n) is 3.97. The molecule has 0 radical (unpaired) electrons. The number of nitrogens with one attached hydrogen (secondary N) is 1. The number of aromatic nitrogens is 4. The van der Waals surface area contributed by atoms with E-state index in [1.165, 1.54) is 12.1 Å². The summed E-state index contributed by atoms with van der Waals surface area (Å²) in [5.41, 5.74) is -0.184. The Hall–Kier alpha value is -3.27. The second-order valence-electron chi connectivity index (χ2n) is 5.83. The fraction of sp³-hybridized carbons (Fsp3) is 0.111. The summed E-state index contributed by atoms with van der Waals surface area (Å²) in [5.74, 6) is -0.288. The van der Waals surface area contributed by atoms with Crippen molar-refractivity contribution in [3.8, 4) is 17.0 Å². The van der Waals surface area contributed by atoms with Gasteiger partial charge in [-0.1, -0.05) is 35.5 Å². The zero-order valence-corrected chi connectivity index (χ0v) is 14.8. The van der Waals surface area contributed by atoms with Gasteiger partial charge in [0.15, 0.2) is 0 Å². The van der Waals surface area contributed by atoms with E-state index in [4.69, 9.17) is 4.74 Å². The van der Waals surface area contributed by atoms with E-state index in [9.17, 15) is 18.0 Å². The normalized spacial score (nSPS) is 11.7. The summed E-state index contributed by atoms with van der Waals surface area (Å²) in [6, 6.07) is 12.5. The third-order valence-corrected chi connectivity index (χ3v) is 4.81. The van der Waals surface area contributed by atoms with Crippen LogP contribution in [-0.2, 0) is 12.8 Å². The number of aromatic amines is 1. The average Bonchev–Trinajstić information content (AvgIpc) is 3.12. The molecule has 0 unspecified atom stereocenters. The van der Waals surface area contributed by atoms with Gasteiger partial charge in [-0.2, -0.15) is 17.5 Å². The summed E-state index contributed by atoms with van der Waals surface area (Å²) in [4.78, 5) is 11.7. The number of H-pyrrole nitrogens is 1. The van der Waals surface area contributed by atoms with Crippen LogP contribution in [0.4, 0.5) is 13.2 Å². The van der Waals surface area contributed by atoms with Gasteiger partial charge in [-0.15, -0.1) is 5.10 Å². The van der Waals surface area contributed by atoms with E-state index in [2.05, 4.69) is 19.8 Å². The molecule has 10 heteroatoms. The maximum atomic E-state index is 13.6. The van der Waals surface area contributed by atoms with Gasteiger partial charge in [0.05, 0.1) is 5.56 Å². The average molecular weight is 404 g/mol. The van der Waals surface area contributed by atoms with Crippen LogP contribution in [0.3, 0.4) is 0 Å². The number of ether oxygens (including phenoxy) is 1. The van der Waals surface area contributed by atoms with E-state index in [0.29, 0.717) is 0 Å². The predicted octanol–water partition coefficient (Wildman–Crippen LogP) is 4.04. The van der Waals surface area contributed by atoms with Crippen molar-refractivity contribution in [3.63, 3.8) is 0 Å². The maximum absolute atomic E-state index is 13.6. The quantitative estimate of drug-likeness (QED) is 0.555. The van der Waals surface area contributed by atoms with Gasteiger partial charge in [-0.25, -0.2) is 5.10 Å². The number of alkyl halides is 3. The number of hydrogen-bond donors (Lipinski definition) is 1. The first-order valence-corrected chi connectivity index (χ1v) is 8.80. The minimum atomic E-state index is -4.63. The molecule has 0 bridgehead atoms. The Balaban J connectivity index is 1.74. The molecule has 142 valence electrons. The monoisotopic (exact) mass is 404 g/mol. The van der Waals surface area contributed by atoms with Crippen LogP contribution in [0.25, 0.3) is 21.5 Å². The zero-order valence-electron chi connectivity index (χ0n) is 14.0. The van der Waals surface area contributed by atoms with E-state index < -0.39 is 17.3 Å². The highest BCUT2D eigenvalue weighted by molar-refractivity contribution is 7.13. The molecule has 0 aliphatic carbocycles. The van der Waals surface area contributed by atoms with Gasteiger partial charge in [-0.3, -0.25) is 4.79 Å². The number of hydrogen-bond acceptors (Lipinski definition) is 6. The lowest BCUT2D eigenvalue weighted by atomic mass is 10.1. The molecule has 4 aromatic rings. The maximum Gasteiger partial charge on any atom is 0.419 e. The predicted molar refractivity (Wildman–Crippen MR) is 97.0 cm³/mol. The first-order chi connectivity index (χ1) is 13.4. The first-order valence-electron chi connectivity index (χ1n) is 8.02. The molecular weight excluding hydrogens is 393 g/mol. The summed E-state index contributed by atoms with van der Waals surface area (Å²) < 4.78 is 50.5. The summed E-state index contributed by atoms with van der Waals surface area (Å²) in [5, 5.41) is 9.42. The molecule has 0 saturated carbocycles. The fourth-order valence-electron chi connectivity index (χ4n) is 2.65. The lowest BCUT2D eigenvalue weighted by Crippen LogP contribution is -2.09. The van der Waals surface area contributed by atoms with Gasteiger partial charge >= 0.3 is 6.18 Å². The molecule has 0 saturated heterocycles. The Bertz CT molecular complexity index is 1190. The summed E-state index contributed by atoms with van der Waals surface area (Å²) in [7, 11) is 0. The van der Waals surface area contributed by atoms with Gasteiger partial charge in [0.2, 0.25) is 0 Å². The van der Waals surface area contributed by atoms with Crippen molar-refractivity contribution < 1.29 is 17.9 Å². The van der Waals surface area contributed by atoms with Gasteiger partial charge in [0.25, 0.3) is 5.56 Å². The molecule has 0 spiro atoms. The second-order valence-corrected chi connectivity index (χ2v) is 6.61. The number of nitrogens with zero attached hydrogens (tertiary/aromatic N) is 3. The Morgan fingerprint density at radius 2 is 1.89 bits per heavy atom. The van der Waals surface area contributed by atoms with Crippen LogP contribution in [0.15, 0.2) is 53.3 Å². The molecule has 28 heavy (non-hydrogen) atoms. The smallest absolute Gasteiger partial charge is 0.419 e. The first kappa shape index (κ1) is 18.1. The molecule has 1 N–H and O–H groups in total. The fourth-order valence-corrected chi connectivity index (χ4v) is 3.37. The minimum Gasteiger partial charge on any atom is -0.488 e. The highest BCUT2D eigenvalue weighted by Gasteiger charge is 2.35. The zero-order chi connectivity index (χ0) is 19.7. The Labute approximate surface area is 159 Å². The Morgan fingerprint density at radius 3 is 2.64 bits per heavy atom. The van der Waals surface area contributed by atoms with Crippen molar-refractivity contribution in [1.29, 1.82) is 0 Å². The van der Waals surface area contributed by atoms with E-state index in [0.717, 1.165) is 23.2 Å². The van der Waals surface area contributed by atoms with Crippen LogP contribution >= 0.6 is 11.5 Å². The van der Waals surface area contributed by atoms with Crippen LogP contribution in [-0.4, -0.2) is 19.8 Å². The molecule has 0 fully saturated rings. The number of halogens is 3. The molecule has 0 atom stereocenters. The van der Waals surface area contributed by atoms with E-state index >= 15 is 0 Å². The Kier molecular flexibility index (Phi) is 4.55. The van der Waals surface area contributed by atoms with Crippen molar-refractivity contribution in [1.82, 2.24) is 19.8 Å². The minimum absolute atomic E-state index is 0.00372. The molecule has 0 amide bonds. The van der Waals surface area contributed by atoms with Gasteiger partial charge < -0.3 is 4.74 Å². The van der Waals surface area contributed by atoms with Crippen molar-refractivity contribution in [3.05, 3.63) is 70.0 Å². The lowest BCUT2D eigenvalue weighted by Gasteiger charge is -2.15. The van der Waals surface area contributed by atoms with Crippen molar-refractivity contribution in [2.24, 2.45) is 0 Å². The summed E-state index contributed by atoms with van der Waals surface area (Å²) in [6.07, 6.45) is -4.63. The number of benzene rings is 2. The van der Waals surface area contributed by atoms with Crippen LogP contribution in [0.5, 0.6) is 5.75 Å². The van der Waals surface area contributed by atoms with Gasteiger partial charge in [0.1, 0.15) is 28.3 Å². The van der Waals surface area contributed by atoms with Crippen LogP contribution in [0, 0.1) is 0 Å². The molecule has 2 aromatic carbocycles. The summed E-state index contributed by atoms with van der Waals surface area (Å²) in [6.45, 7) is 0.00372. The highest BCUT2D eigenvalue weighted by Crippen LogP contribution is 2.40. The topological polar surface area (TPSA) is 80.8 Å². The largest absolute Gasteiger partial charge is 0.488 e. The van der Waals surface area contributed by atoms with Gasteiger partial charge in [-0.05, 0) is 35.3 Å². The lowest BCUT2D eigenvalue weighted by molar-refractivity contribution is -0.139. The molecule has 2 aromatic heterocycles. The molecular formula is C18H11F3N4O2S. The standard InChI is InChI=1S/C18H11F3N4O2S/c19-18(20,21)12-8-11(14-15-16(28-24-14)17(26)23-25-22-15)6-7-13(12)27-9-10-4-2-1-3-5-10/h1-8H,9H2,(H,22,23,26). The van der Waals surface area contributed by atoms with Crippen LogP contribution < -0.4 is 10.3 Å². The van der Waals surface area contributed by atoms with Crippen LogP contribution in [0.2, 0.25) is 0 Å². The second kappa shape index (κ2) is 7.04. The number of fused-ring (bicyclic) bond motifs is 1. The van der Waals surface area contributed by atoms with E-state index in [1.54, 1.807) is 24.3 Å². The molecule has 0 aliphatic rings.